The number of rotatable bonds is 0. The third-order valence-corrected chi connectivity index (χ3v) is 0. The van der Waals surface area contributed by atoms with E-state index >= 15 is 0 Å². The first-order chi connectivity index (χ1) is 6.73. The highest BCUT2D eigenvalue weighted by Gasteiger charge is 2.00. The Morgan fingerprint density at radius 2 is 0.765 bits per heavy atom. The zero-order valence-electron chi connectivity index (χ0n) is 8.11. The first kappa shape index (κ1) is 30.2. The fraction of sp³-hybridized carbons (Fsp3) is 1.00. The van der Waals surface area contributed by atoms with E-state index in [-0.39, 0.29) is 7.43 Å². The van der Waals surface area contributed by atoms with Gasteiger partial charge >= 0.3 is 22.3 Å². The van der Waals surface area contributed by atoms with Crippen molar-refractivity contribution in [2.45, 2.75) is 28.0 Å². The summed E-state index contributed by atoms with van der Waals surface area (Å²) < 4.78 is 46.8. The highest BCUT2D eigenvalue weighted by Crippen LogP contribution is 2.26. The summed E-state index contributed by atoms with van der Waals surface area (Å²) in [7, 11) is -9.28. The van der Waals surface area contributed by atoms with Crippen molar-refractivity contribution < 1.29 is 51.7 Å². The fourth-order valence-corrected chi connectivity index (χ4v) is 0. The molecular weight excluding hydrogens is 295 g/mol. The van der Waals surface area contributed by atoms with Crippen LogP contribution >= 0.6 is 15.6 Å². The van der Waals surface area contributed by atoms with E-state index < -0.39 is 22.3 Å². The summed E-state index contributed by atoms with van der Waals surface area (Å²) >= 11 is 0. The normalized spacial score (nSPS) is 9.41. The van der Waals surface area contributed by atoms with Gasteiger partial charge in [0.1, 0.15) is 0 Å². The van der Waals surface area contributed by atoms with Gasteiger partial charge in [-0.15, -0.1) is 0 Å². The van der Waals surface area contributed by atoms with Gasteiger partial charge in [-0.25, -0.2) is 9.13 Å². The van der Waals surface area contributed by atoms with Gasteiger partial charge in [0.25, 0.3) is 0 Å². The first-order valence-corrected chi connectivity index (χ1v) is 6.35. The number of hydrogen-bond donors (Lipinski definition) is 6. The average Bonchev–Trinajstić information content (AvgIpc) is 1.80. The molecule has 112 valence electrons. The lowest BCUT2D eigenvalue weighted by molar-refractivity contribution is 0.00818. The van der Waals surface area contributed by atoms with Crippen LogP contribution in [0.15, 0.2) is 0 Å². The predicted octanol–water partition coefficient (Wildman–Crippen LogP) is 0.984. The van der Waals surface area contributed by atoms with Gasteiger partial charge < -0.3 is 29.4 Å². The molecule has 13 heteroatoms. The number of alkyl halides is 3. The highest BCUT2D eigenvalue weighted by atomic mass is 31.2. The second kappa shape index (κ2) is 16.0. The molecule has 0 aliphatic heterocycles. The molecular formula is C4H17F3O8P2. The van der Waals surface area contributed by atoms with Gasteiger partial charge in [0.15, 0.2) is 0 Å². The molecule has 17 heavy (non-hydrogen) atoms. The fourth-order valence-electron chi connectivity index (χ4n) is 0. The van der Waals surface area contributed by atoms with Crippen LogP contribution in [0.1, 0.15) is 21.3 Å². The van der Waals surface area contributed by atoms with Crippen LogP contribution in [0.2, 0.25) is 0 Å². The van der Waals surface area contributed by atoms with Crippen molar-refractivity contribution in [1.82, 2.24) is 0 Å². The maximum Gasteiger partial charge on any atom is 0.466 e. The highest BCUT2D eigenvalue weighted by molar-refractivity contribution is 7.45. The van der Waals surface area contributed by atoms with Gasteiger partial charge in [-0.1, -0.05) is 21.3 Å². The maximum absolute atomic E-state index is 9.67. The van der Waals surface area contributed by atoms with Crippen molar-refractivity contribution in [2.24, 2.45) is 0 Å². The summed E-state index contributed by atoms with van der Waals surface area (Å²) in [5, 5.41) is 0. The minimum Gasteiger partial charge on any atom is -0.303 e. The van der Waals surface area contributed by atoms with Crippen LogP contribution in [0, 0.1) is 0 Å². The number of phosphoric acid groups is 2. The van der Waals surface area contributed by atoms with Crippen molar-refractivity contribution in [1.29, 1.82) is 0 Å². The van der Waals surface area contributed by atoms with E-state index in [4.69, 9.17) is 38.5 Å². The molecule has 0 radical (unpaired) electrons. The van der Waals surface area contributed by atoms with E-state index in [1.165, 1.54) is 0 Å². The van der Waals surface area contributed by atoms with Crippen molar-refractivity contribution in [3.63, 3.8) is 0 Å². The minimum absolute atomic E-state index is 0. The van der Waals surface area contributed by atoms with Gasteiger partial charge in [-0.2, -0.15) is 13.2 Å². The third kappa shape index (κ3) is 31400000. The molecule has 0 saturated carbocycles. The Balaban J connectivity index is -0.0000000386. The van der Waals surface area contributed by atoms with Crippen molar-refractivity contribution in [3.8, 4) is 0 Å². The summed E-state index contributed by atoms with van der Waals surface area (Å²) in [6, 6.07) is 0. The summed E-state index contributed by atoms with van der Waals surface area (Å²) in [5.74, 6) is 0. The lowest BCUT2D eigenvalue weighted by Crippen LogP contribution is -1.66. The quantitative estimate of drug-likeness (QED) is 0.362. The molecule has 0 aromatic heterocycles. The maximum atomic E-state index is 9.67. The minimum atomic E-state index is -4.64. The second-order valence-electron chi connectivity index (χ2n) is 1.27. The van der Waals surface area contributed by atoms with Gasteiger partial charge in [-0.3, -0.25) is 0 Å². The smallest absolute Gasteiger partial charge is 0.303 e. The van der Waals surface area contributed by atoms with Crippen LogP contribution < -0.4 is 0 Å². The van der Waals surface area contributed by atoms with E-state index in [1.807, 2.05) is 13.8 Å². The zero-order valence-corrected chi connectivity index (χ0v) is 9.89. The van der Waals surface area contributed by atoms with Crippen LogP contribution in [0.3, 0.4) is 0 Å². The Kier molecular flexibility index (Phi) is 28.5. The van der Waals surface area contributed by atoms with Crippen LogP contribution in [0.25, 0.3) is 0 Å². The molecule has 0 rings (SSSR count). The Morgan fingerprint density at radius 3 is 0.765 bits per heavy atom. The predicted molar refractivity (Wildman–Crippen MR) is 53.7 cm³/mol. The van der Waals surface area contributed by atoms with Crippen LogP contribution in [0.4, 0.5) is 13.2 Å². The molecule has 0 unspecified atom stereocenters. The van der Waals surface area contributed by atoms with Gasteiger partial charge in [0.2, 0.25) is 0 Å². The average molecular weight is 312 g/mol. The molecule has 0 amide bonds. The molecule has 0 aliphatic carbocycles. The Bertz CT molecular complexity index is 174. The summed E-state index contributed by atoms with van der Waals surface area (Å²) in [4.78, 5) is 43.1. The summed E-state index contributed by atoms with van der Waals surface area (Å²) in [6.45, 7) is 0.333. The molecule has 0 aromatic carbocycles. The monoisotopic (exact) mass is 312 g/mol. The van der Waals surface area contributed by atoms with Crippen LogP contribution in [0.5, 0.6) is 0 Å². The van der Waals surface area contributed by atoms with E-state index in [1.54, 1.807) is 0 Å². The zero-order chi connectivity index (χ0) is 14.6. The van der Waals surface area contributed by atoms with Crippen LogP contribution in [-0.4, -0.2) is 36.0 Å². The first-order valence-electron chi connectivity index (χ1n) is 3.22. The standard InChI is InChI=1S/C2H6.CHF3.CH4.2H3O4P/c1-2;2-1(3)4;;2*1-5(2,3)4/h1-2H3;1H;1H4;2*(H3,1,2,3,4). The Labute approximate surface area is 96.2 Å². The molecule has 0 aliphatic rings. The molecule has 0 bridgehead atoms. The largest absolute Gasteiger partial charge is 0.466 e. The number of halogens is 3. The van der Waals surface area contributed by atoms with E-state index in [0.717, 1.165) is 0 Å². The third-order valence-electron chi connectivity index (χ3n) is 0. The van der Waals surface area contributed by atoms with Crippen molar-refractivity contribution >= 4 is 15.6 Å². The molecule has 6 N–H and O–H groups in total. The Morgan fingerprint density at radius 1 is 0.765 bits per heavy atom. The van der Waals surface area contributed by atoms with Crippen molar-refractivity contribution in [3.05, 3.63) is 0 Å². The molecule has 0 spiro atoms. The lowest BCUT2D eigenvalue weighted by Gasteiger charge is -1.82. The molecule has 0 fully saturated rings. The summed E-state index contributed by atoms with van der Waals surface area (Å²) in [6.07, 6.45) is 0. The van der Waals surface area contributed by atoms with E-state index in [0.29, 0.717) is 0 Å². The van der Waals surface area contributed by atoms with Gasteiger partial charge in [0, 0.05) is 0 Å². The van der Waals surface area contributed by atoms with Gasteiger partial charge in [0.05, 0.1) is 0 Å². The SMILES string of the molecule is C.CC.FC(F)F.O=P(O)(O)O.O=P(O)(O)O. The molecule has 0 atom stereocenters. The molecule has 8 nitrogen and oxygen atoms in total. The second-order valence-corrected chi connectivity index (χ2v) is 3.33. The summed E-state index contributed by atoms with van der Waals surface area (Å²) in [5.41, 5.74) is 0. The topological polar surface area (TPSA) is 156 Å². The van der Waals surface area contributed by atoms with Crippen molar-refractivity contribution in [2.75, 3.05) is 0 Å². The number of hydrogen-bond acceptors (Lipinski definition) is 2. The van der Waals surface area contributed by atoms with Gasteiger partial charge in [-0.05, 0) is 0 Å². The van der Waals surface area contributed by atoms with Crippen LogP contribution in [-0.2, 0) is 9.13 Å². The van der Waals surface area contributed by atoms with E-state index in [2.05, 4.69) is 0 Å². The molecule has 0 saturated heterocycles. The molecule has 0 aromatic rings. The molecule has 0 heterocycles. The van der Waals surface area contributed by atoms with E-state index in [9.17, 15) is 13.2 Å². The lowest BCUT2D eigenvalue weighted by atomic mass is 11.0. The Hall–Kier alpha value is 0.01000.